The molecule has 0 N–H and O–H groups in total. The topological polar surface area (TPSA) is 36.9 Å². The van der Waals surface area contributed by atoms with Crippen LogP contribution in [0.25, 0.3) is 0 Å². The van der Waals surface area contributed by atoms with E-state index in [0.29, 0.717) is 35.5 Å². The lowest BCUT2D eigenvalue weighted by Gasteiger charge is -2.14. The quantitative estimate of drug-likeness (QED) is 0.515. The monoisotopic (exact) mass is 288 g/mol. The van der Waals surface area contributed by atoms with Gasteiger partial charge in [0.2, 0.25) is 5.75 Å². The van der Waals surface area contributed by atoms with Crippen molar-refractivity contribution in [1.29, 1.82) is 0 Å². The van der Waals surface area contributed by atoms with E-state index in [2.05, 4.69) is 0 Å². The molecule has 0 aliphatic rings. The van der Waals surface area contributed by atoms with Crippen LogP contribution in [-0.4, -0.2) is 33.8 Å². The molecule has 0 fully saturated rings. The van der Waals surface area contributed by atoms with E-state index in [9.17, 15) is 0 Å². The molecule has 108 valence electrons. The van der Waals surface area contributed by atoms with Gasteiger partial charge in [0.1, 0.15) is 5.75 Å². The van der Waals surface area contributed by atoms with Crippen LogP contribution in [0, 0.1) is 0 Å². The fourth-order valence-electron chi connectivity index (χ4n) is 1.70. The number of ether oxygens (including phenoxy) is 4. The molecule has 0 amide bonds. The molecule has 1 aromatic carbocycles. The molecule has 0 aromatic heterocycles. The maximum absolute atomic E-state index is 5.68. The molecule has 0 atom stereocenters. The Balaban J connectivity index is 2.68. The molecule has 19 heavy (non-hydrogen) atoms. The lowest BCUT2D eigenvalue weighted by molar-refractivity contribution is 0.292. The maximum atomic E-state index is 5.68. The van der Waals surface area contributed by atoms with Gasteiger partial charge in [-0.2, -0.15) is 0 Å². The summed E-state index contributed by atoms with van der Waals surface area (Å²) in [6.07, 6.45) is 3.05. The van der Waals surface area contributed by atoms with E-state index in [-0.39, 0.29) is 0 Å². The maximum Gasteiger partial charge on any atom is 0.203 e. The van der Waals surface area contributed by atoms with E-state index in [1.165, 1.54) is 0 Å². The van der Waals surface area contributed by atoms with Crippen LogP contribution in [-0.2, 0) is 0 Å². The van der Waals surface area contributed by atoms with Gasteiger partial charge in [-0.25, -0.2) is 0 Å². The molecule has 0 spiro atoms. The molecule has 0 saturated heterocycles. The highest BCUT2D eigenvalue weighted by Crippen LogP contribution is 2.40. The SMILES string of the molecule is COc1cc(OCCCCCCl)cc(OC)c1OC. The molecule has 0 aliphatic heterocycles. The minimum Gasteiger partial charge on any atom is -0.493 e. The first kappa shape index (κ1) is 15.8. The predicted molar refractivity (Wildman–Crippen MR) is 76.2 cm³/mol. The summed E-state index contributed by atoms with van der Waals surface area (Å²) in [5.41, 5.74) is 0. The minimum absolute atomic E-state index is 0.569. The van der Waals surface area contributed by atoms with Crippen LogP contribution in [0.2, 0.25) is 0 Å². The zero-order chi connectivity index (χ0) is 14.1. The number of halogens is 1. The fraction of sp³-hybridized carbons (Fsp3) is 0.571. The van der Waals surface area contributed by atoms with E-state index >= 15 is 0 Å². The normalized spacial score (nSPS) is 10.1. The van der Waals surface area contributed by atoms with Crippen molar-refractivity contribution >= 4 is 11.6 Å². The van der Waals surface area contributed by atoms with Crippen LogP contribution in [0.1, 0.15) is 19.3 Å². The van der Waals surface area contributed by atoms with Crippen molar-refractivity contribution in [1.82, 2.24) is 0 Å². The smallest absolute Gasteiger partial charge is 0.203 e. The molecular formula is C14H21ClO4. The molecule has 4 nitrogen and oxygen atoms in total. The second-order valence-electron chi connectivity index (χ2n) is 3.96. The van der Waals surface area contributed by atoms with Crippen molar-refractivity contribution in [3.05, 3.63) is 12.1 Å². The van der Waals surface area contributed by atoms with Crippen molar-refractivity contribution < 1.29 is 18.9 Å². The van der Waals surface area contributed by atoms with Gasteiger partial charge in [-0.3, -0.25) is 0 Å². The third-order valence-electron chi connectivity index (χ3n) is 2.68. The molecular weight excluding hydrogens is 268 g/mol. The van der Waals surface area contributed by atoms with Crippen LogP contribution < -0.4 is 18.9 Å². The number of hydrogen-bond acceptors (Lipinski definition) is 4. The second-order valence-corrected chi connectivity index (χ2v) is 4.34. The van der Waals surface area contributed by atoms with Crippen molar-refractivity contribution in [3.63, 3.8) is 0 Å². The molecule has 0 radical (unpaired) electrons. The number of methoxy groups -OCH3 is 3. The highest BCUT2D eigenvalue weighted by Gasteiger charge is 2.13. The van der Waals surface area contributed by atoms with Gasteiger partial charge in [-0.1, -0.05) is 0 Å². The number of hydrogen-bond donors (Lipinski definition) is 0. The zero-order valence-electron chi connectivity index (χ0n) is 11.7. The van der Waals surface area contributed by atoms with Crippen molar-refractivity contribution in [3.8, 4) is 23.0 Å². The van der Waals surface area contributed by atoms with Crippen LogP contribution in [0.4, 0.5) is 0 Å². The van der Waals surface area contributed by atoms with Gasteiger partial charge >= 0.3 is 0 Å². The van der Waals surface area contributed by atoms with Crippen LogP contribution in [0.3, 0.4) is 0 Å². The van der Waals surface area contributed by atoms with E-state index < -0.39 is 0 Å². The summed E-state index contributed by atoms with van der Waals surface area (Å²) in [5, 5.41) is 0. The van der Waals surface area contributed by atoms with Gasteiger partial charge in [0.25, 0.3) is 0 Å². The first-order valence-electron chi connectivity index (χ1n) is 6.25. The van der Waals surface area contributed by atoms with Gasteiger partial charge in [0, 0.05) is 18.0 Å². The van der Waals surface area contributed by atoms with Gasteiger partial charge in [-0.05, 0) is 19.3 Å². The third kappa shape index (κ3) is 4.71. The van der Waals surface area contributed by atoms with Gasteiger partial charge in [0.05, 0.1) is 27.9 Å². The first-order chi connectivity index (χ1) is 9.26. The largest absolute Gasteiger partial charge is 0.493 e. The molecule has 0 heterocycles. The Morgan fingerprint density at radius 1 is 0.895 bits per heavy atom. The van der Waals surface area contributed by atoms with Crippen LogP contribution >= 0.6 is 11.6 Å². The third-order valence-corrected chi connectivity index (χ3v) is 2.95. The Morgan fingerprint density at radius 3 is 2.00 bits per heavy atom. The lowest BCUT2D eigenvalue weighted by atomic mass is 10.2. The van der Waals surface area contributed by atoms with Crippen molar-refractivity contribution in [2.45, 2.75) is 19.3 Å². The van der Waals surface area contributed by atoms with Crippen LogP contribution in [0.5, 0.6) is 23.0 Å². The van der Waals surface area contributed by atoms with Crippen molar-refractivity contribution in [2.75, 3.05) is 33.8 Å². The lowest BCUT2D eigenvalue weighted by Crippen LogP contribution is -2.00. The Morgan fingerprint density at radius 2 is 1.53 bits per heavy atom. The highest BCUT2D eigenvalue weighted by atomic mass is 35.5. The summed E-state index contributed by atoms with van der Waals surface area (Å²) < 4.78 is 21.5. The predicted octanol–water partition coefficient (Wildman–Crippen LogP) is 3.50. The number of unbranched alkanes of at least 4 members (excludes halogenated alkanes) is 2. The average Bonchev–Trinajstić information content (AvgIpc) is 2.45. The Labute approximate surface area is 119 Å². The van der Waals surface area contributed by atoms with Gasteiger partial charge in [0.15, 0.2) is 11.5 Å². The average molecular weight is 289 g/mol. The van der Waals surface area contributed by atoms with Gasteiger partial charge < -0.3 is 18.9 Å². The Hall–Kier alpha value is -1.29. The highest BCUT2D eigenvalue weighted by molar-refractivity contribution is 6.17. The fourth-order valence-corrected chi connectivity index (χ4v) is 1.89. The Kier molecular flexibility index (Phi) is 7.26. The molecule has 0 unspecified atom stereocenters. The standard InChI is InChI=1S/C14H21ClO4/c1-16-12-9-11(19-8-6-4-5-7-15)10-13(17-2)14(12)18-3/h9-10H,4-8H2,1-3H3. The van der Waals surface area contributed by atoms with E-state index in [0.717, 1.165) is 19.3 Å². The summed E-state index contributed by atoms with van der Waals surface area (Å²) in [6.45, 7) is 0.648. The number of alkyl halides is 1. The summed E-state index contributed by atoms with van der Waals surface area (Å²) in [6, 6.07) is 3.59. The molecule has 0 saturated carbocycles. The molecule has 1 rings (SSSR count). The summed E-state index contributed by atoms with van der Waals surface area (Å²) >= 11 is 5.62. The number of benzene rings is 1. The van der Waals surface area contributed by atoms with E-state index in [1.54, 1.807) is 33.5 Å². The van der Waals surface area contributed by atoms with E-state index in [1.807, 2.05) is 0 Å². The minimum atomic E-state index is 0.569. The summed E-state index contributed by atoms with van der Waals surface area (Å²) in [4.78, 5) is 0. The van der Waals surface area contributed by atoms with E-state index in [4.69, 9.17) is 30.5 Å². The molecule has 0 bridgehead atoms. The molecule has 5 heteroatoms. The Bertz CT molecular complexity index is 357. The summed E-state index contributed by atoms with van der Waals surface area (Å²) in [5.74, 6) is 3.17. The first-order valence-corrected chi connectivity index (χ1v) is 6.79. The summed E-state index contributed by atoms with van der Waals surface area (Å²) in [7, 11) is 4.75. The second kappa shape index (κ2) is 8.75. The van der Waals surface area contributed by atoms with Crippen LogP contribution in [0.15, 0.2) is 12.1 Å². The van der Waals surface area contributed by atoms with Crippen molar-refractivity contribution in [2.24, 2.45) is 0 Å². The molecule has 1 aromatic rings. The van der Waals surface area contributed by atoms with Gasteiger partial charge in [-0.15, -0.1) is 11.6 Å². The number of rotatable bonds is 9. The zero-order valence-corrected chi connectivity index (χ0v) is 12.5. The molecule has 0 aliphatic carbocycles.